The van der Waals surface area contributed by atoms with Crippen molar-refractivity contribution in [1.29, 1.82) is 0 Å². The fraction of sp³-hybridized carbons (Fsp3) is 0.545. The average molecular weight is 209 g/mol. The van der Waals surface area contributed by atoms with Crippen LogP contribution in [0.4, 0.5) is 5.82 Å². The van der Waals surface area contributed by atoms with Crippen molar-refractivity contribution in [1.82, 2.24) is 4.98 Å². The summed E-state index contributed by atoms with van der Waals surface area (Å²) in [5.74, 6) is 1.57. The highest BCUT2D eigenvalue weighted by Crippen LogP contribution is 2.19. The number of rotatable bonds is 6. The predicted octanol–water partition coefficient (Wildman–Crippen LogP) is 1.63. The third-order valence-corrected chi connectivity index (χ3v) is 2.12. The van der Waals surface area contributed by atoms with E-state index in [-0.39, 0.29) is 6.04 Å². The summed E-state index contributed by atoms with van der Waals surface area (Å²) in [4.78, 5) is 4.20. The number of nitrogens with two attached hydrogens (primary N) is 1. The maximum absolute atomic E-state index is 5.66. The van der Waals surface area contributed by atoms with Gasteiger partial charge in [-0.1, -0.05) is 0 Å². The monoisotopic (exact) mass is 209 g/mol. The Kier molecular flexibility index (Phi) is 4.90. The molecule has 0 aliphatic heterocycles. The first-order valence-electron chi connectivity index (χ1n) is 5.22. The van der Waals surface area contributed by atoms with Crippen LogP contribution in [0.3, 0.4) is 0 Å². The van der Waals surface area contributed by atoms with Crippen LogP contribution in [-0.4, -0.2) is 24.7 Å². The lowest BCUT2D eigenvalue weighted by Gasteiger charge is -2.10. The molecule has 1 heterocycles. The number of ether oxygens (including phenoxy) is 1. The average Bonchev–Trinajstić information content (AvgIpc) is 2.24. The molecule has 0 saturated carbocycles. The van der Waals surface area contributed by atoms with Crippen LogP contribution in [0.5, 0.6) is 5.75 Å². The first-order valence-corrected chi connectivity index (χ1v) is 5.22. The molecule has 0 spiro atoms. The molecule has 0 saturated heterocycles. The fourth-order valence-corrected chi connectivity index (χ4v) is 1.32. The minimum absolute atomic E-state index is 0.262. The van der Waals surface area contributed by atoms with Crippen LogP contribution < -0.4 is 15.8 Å². The second-order valence-electron chi connectivity index (χ2n) is 3.60. The Morgan fingerprint density at radius 1 is 1.60 bits per heavy atom. The molecule has 1 rings (SSSR count). The van der Waals surface area contributed by atoms with Crippen molar-refractivity contribution in [3.63, 3.8) is 0 Å². The molecule has 0 aromatic carbocycles. The zero-order valence-electron chi connectivity index (χ0n) is 9.36. The molecule has 4 heteroatoms. The molecule has 1 aromatic rings. The number of anilines is 1. The van der Waals surface area contributed by atoms with Gasteiger partial charge in [-0.3, -0.25) is 0 Å². The number of methoxy groups -OCH3 is 1. The number of hydrogen-bond acceptors (Lipinski definition) is 4. The second kappa shape index (κ2) is 6.24. The van der Waals surface area contributed by atoms with E-state index in [1.165, 1.54) is 0 Å². The van der Waals surface area contributed by atoms with Gasteiger partial charge in [0.25, 0.3) is 0 Å². The van der Waals surface area contributed by atoms with E-state index >= 15 is 0 Å². The van der Waals surface area contributed by atoms with Crippen LogP contribution in [0.25, 0.3) is 0 Å². The third kappa shape index (κ3) is 4.16. The summed E-state index contributed by atoms with van der Waals surface area (Å²) in [5.41, 5.74) is 5.66. The minimum atomic E-state index is 0.262. The van der Waals surface area contributed by atoms with Gasteiger partial charge < -0.3 is 15.8 Å². The van der Waals surface area contributed by atoms with Gasteiger partial charge in [-0.15, -0.1) is 0 Å². The molecule has 0 radical (unpaired) electrons. The zero-order chi connectivity index (χ0) is 11.1. The smallest absolute Gasteiger partial charge is 0.168 e. The molecule has 0 fully saturated rings. The van der Waals surface area contributed by atoms with Gasteiger partial charge in [0, 0.05) is 18.8 Å². The molecule has 1 aromatic heterocycles. The molecule has 0 amide bonds. The molecule has 3 N–H and O–H groups in total. The van der Waals surface area contributed by atoms with Gasteiger partial charge in [-0.05, 0) is 31.9 Å². The lowest BCUT2D eigenvalue weighted by Crippen LogP contribution is -2.16. The van der Waals surface area contributed by atoms with Gasteiger partial charge in [-0.25, -0.2) is 4.98 Å². The van der Waals surface area contributed by atoms with Gasteiger partial charge in [-0.2, -0.15) is 0 Å². The molecule has 4 nitrogen and oxygen atoms in total. The summed E-state index contributed by atoms with van der Waals surface area (Å²) in [5, 5.41) is 3.23. The third-order valence-electron chi connectivity index (χ3n) is 2.12. The van der Waals surface area contributed by atoms with E-state index < -0.39 is 0 Å². The van der Waals surface area contributed by atoms with Crippen LogP contribution in [0.15, 0.2) is 18.3 Å². The quantitative estimate of drug-likeness (QED) is 0.699. The highest BCUT2D eigenvalue weighted by Gasteiger charge is 2.01. The van der Waals surface area contributed by atoms with Crippen molar-refractivity contribution < 1.29 is 4.74 Å². The Balaban J connectivity index is 2.36. The second-order valence-corrected chi connectivity index (χ2v) is 3.60. The first kappa shape index (κ1) is 11.8. The van der Waals surface area contributed by atoms with Crippen LogP contribution in [0, 0.1) is 0 Å². The maximum atomic E-state index is 5.66. The number of nitrogens with one attached hydrogen (secondary N) is 1. The van der Waals surface area contributed by atoms with Crippen LogP contribution in [-0.2, 0) is 0 Å². The maximum Gasteiger partial charge on any atom is 0.168 e. The summed E-state index contributed by atoms with van der Waals surface area (Å²) >= 11 is 0. The van der Waals surface area contributed by atoms with E-state index in [0.29, 0.717) is 0 Å². The fourth-order valence-electron chi connectivity index (χ4n) is 1.32. The van der Waals surface area contributed by atoms with E-state index in [9.17, 15) is 0 Å². The van der Waals surface area contributed by atoms with Crippen molar-refractivity contribution in [2.45, 2.75) is 25.8 Å². The molecule has 0 aliphatic rings. The Morgan fingerprint density at radius 3 is 3.07 bits per heavy atom. The predicted molar refractivity (Wildman–Crippen MR) is 62.2 cm³/mol. The highest BCUT2D eigenvalue weighted by molar-refractivity contribution is 5.49. The SMILES string of the molecule is COc1cccnc1NCCCC(C)N. The van der Waals surface area contributed by atoms with Crippen LogP contribution >= 0.6 is 0 Å². The van der Waals surface area contributed by atoms with Crippen LogP contribution in [0.2, 0.25) is 0 Å². The lowest BCUT2D eigenvalue weighted by atomic mass is 10.2. The molecule has 1 atom stereocenters. The number of hydrogen-bond donors (Lipinski definition) is 2. The number of aromatic nitrogens is 1. The lowest BCUT2D eigenvalue weighted by molar-refractivity contribution is 0.414. The summed E-state index contributed by atoms with van der Waals surface area (Å²) in [6, 6.07) is 4.00. The van der Waals surface area contributed by atoms with Gasteiger partial charge in [0.2, 0.25) is 0 Å². The summed E-state index contributed by atoms with van der Waals surface area (Å²) < 4.78 is 5.17. The van der Waals surface area contributed by atoms with Gasteiger partial charge in [0.15, 0.2) is 11.6 Å². The summed E-state index contributed by atoms with van der Waals surface area (Å²) in [6.07, 6.45) is 3.80. The molecule has 1 unspecified atom stereocenters. The summed E-state index contributed by atoms with van der Waals surface area (Å²) in [7, 11) is 1.64. The van der Waals surface area contributed by atoms with E-state index in [0.717, 1.165) is 31.0 Å². The Morgan fingerprint density at radius 2 is 2.40 bits per heavy atom. The van der Waals surface area contributed by atoms with E-state index in [2.05, 4.69) is 10.3 Å². The number of pyridine rings is 1. The van der Waals surface area contributed by atoms with Crippen molar-refractivity contribution in [3.8, 4) is 5.75 Å². The first-order chi connectivity index (χ1) is 7.24. The van der Waals surface area contributed by atoms with Crippen molar-refractivity contribution >= 4 is 5.82 Å². The Bertz CT molecular complexity index is 289. The number of nitrogens with zero attached hydrogens (tertiary/aromatic N) is 1. The largest absolute Gasteiger partial charge is 0.493 e. The Labute approximate surface area is 90.8 Å². The molecular weight excluding hydrogens is 190 g/mol. The van der Waals surface area contributed by atoms with Crippen molar-refractivity contribution in [3.05, 3.63) is 18.3 Å². The van der Waals surface area contributed by atoms with Gasteiger partial charge in [0.05, 0.1) is 7.11 Å². The van der Waals surface area contributed by atoms with Gasteiger partial charge in [0.1, 0.15) is 0 Å². The van der Waals surface area contributed by atoms with E-state index in [4.69, 9.17) is 10.5 Å². The zero-order valence-corrected chi connectivity index (χ0v) is 9.36. The van der Waals surface area contributed by atoms with Crippen molar-refractivity contribution in [2.24, 2.45) is 5.73 Å². The molecular formula is C11H19N3O. The molecule has 84 valence electrons. The van der Waals surface area contributed by atoms with E-state index in [1.807, 2.05) is 19.1 Å². The molecule has 0 aliphatic carbocycles. The normalized spacial score (nSPS) is 12.2. The molecule has 15 heavy (non-hydrogen) atoms. The Hall–Kier alpha value is -1.29. The summed E-state index contributed by atoms with van der Waals surface area (Å²) in [6.45, 7) is 2.89. The topological polar surface area (TPSA) is 60.2 Å². The van der Waals surface area contributed by atoms with E-state index in [1.54, 1.807) is 13.3 Å². The van der Waals surface area contributed by atoms with Gasteiger partial charge >= 0.3 is 0 Å². The standard InChI is InChI=1S/C11H19N3O/c1-9(12)5-3-7-13-11-10(15-2)6-4-8-14-11/h4,6,8-9H,3,5,7,12H2,1-2H3,(H,13,14). The highest BCUT2D eigenvalue weighted by atomic mass is 16.5. The molecule has 0 bridgehead atoms. The van der Waals surface area contributed by atoms with Crippen molar-refractivity contribution in [2.75, 3.05) is 19.0 Å². The van der Waals surface area contributed by atoms with Crippen LogP contribution in [0.1, 0.15) is 19.8 Å². The minimum Gasteiger partial charge on any atom is -0.493 e.